The Morgan fingerprint density at radius 3 is 2.65 bits per heavy atom. The summed E-state index contributed by atoms with van der Waals surface area (Å²) in [5.74, 6) is 1.55. The molecule has 0 fully saturated rings. The summed E-state index contributed by atoms with van der Waals surface area (Å²) in [6.45, 7) is 4.99. The molecule has 0 aliphatic heterocycles. The van der Waals surface area contributed by atoms with Crippen LogP contribution in [0.25, 0.3) is 0 Å². The van der Waals surface area contributed by atoms with Crippen LogP contribution in [0.2, 0.25) is 0 Å². The Labute approximate surface area is 121 Å². The molecule has 0 saturated heterocycles. The largest absolute Gasteiger partial charge is 0.497 e. The summed E-state index contributed by atoms with van der Waals surface area (Å²) in [7, 11) is 1.63. The van der Waals surface area contributed by atoms with Gasteiger partial charge in [0.15, 0.2) is 0 Å². The Balaban J connectivity index is 2.44. The number of methoxy groups -OCH3 is 1. The van der Waals surface area contributed by atoms with Crippen LogP contribution in [0.15, 0.2) is 18.2 Å². The lowest BCUT2D eigenvalue weighted by Gasteiger charge is -2.15. The van der Waals surface area contributed by atoms with Crippen molar-refractivity contribution in [1.29, 1.82) is 5.26 Å². The van der Waals surface area contributed by atoms with Gasteiger partial charge >= 0.3 is 0 Å². The van der Waals surface area contributed by atoms with E-state index >= 15 is 0 Å². The molecule has 0 radical (unpaired) electrons. The highest BCUT2D eigenvalue weighted by Gasteiger charge is 2.15. The molecule has 0 aliphatic rings. The molecule has 20 heavy (non-hydrogen) atoms. The van der Waals surface area contributed by atoms with Crippen LogP contribution < -0.4 is 15.2 Å². The van der Waals surface area contributed by atoms with E-state index in [1.165, 1.54) is 0 Å². The molecular weight excluding hydrogens is 252 g/mol. The van der Waals surface area contributed by atoms with Gasteiger partial charge in [-0.1, -0.05) is 6.07 Å². The molecule has 1 rings (SSSR count). The van der Waals surface area contributed by atoms with Crippen LogP contribution in [0.5, 0.6) is 11.5 Å². The number of nitrogens with zero attached hydrogens (tertiary/aromatic N) is 1. The third-order valence-corrected chi connectivity index (χ3v) is 3.25. The van der Waals surface area contributed by atoms with Gasteiger partial charge in [0.1, 0.15) is 11.5 Å². The predicted octanol–water partition coefficient (Wildman–Crippen LogP) is 3.25. The van der Waals surface area contributed by atoms with E-state index in [1.54, 1.807) is 7.11 Å². The number of nitriles is 1. The van der Waals surface area contributed by atoms with Crippen LogP contribution in [0.3, 0.4) is 0 Å². The van der Waals surface area contributed by atoms with Crippen molar-refractivity contribution < 1.29 is 9.47 Å². The van der Waals surface area contributed by atoms with Crippen LogP contribution in [-0.2, 0) is 6.54 Å². The van der Waals surface area contributed by atoms with Crippen molar-refractivity contribution in [2.24, 2.45) is 11.1 Å². The highest BCUT2D eigenvalue weighted by Crippen LogP contribution is 2.25. The molecule has 0 unspecified atom stereocenters. The van der Waals surface area contributed by atoms with Gasteiger partial charge in [-0.05, 0) is 39.2 Å². The van der Waals surface area contributed by atoms with Crippen LogP contribution in [0, 0.1) is 16.7 Å². The summed E-state index contributed by atoms with van der Waals surface area (Å²) in [5.41, 5.74) is 6.41. The molecule has 0 spiro atoms. The van der Waals surface area contributed by atoms with E-state index in [2.05, 4.69) is 6.07 Å². The quantitative estimate of drug-likeness (QED) is 0.740. The molecule has 2 N–H and O–H groups in total. The number of ether oxygens (including phenoxy) is 2. The maximum absolute atomic E-state index is 8.95. The topological polar surface area (TPSA) is 68.3 Å². The van der Waals surface area contributed by atoms with Crippen molar-refractivity contribution in [3.05, 3.63) is 23.8 Å². The van der Waals surface area contributed by atoms with Crippen molar-refractivity contribution in [3.8, 4) is 17.6 Å². The molecule has 4 heteroatoms. The van der Waals surface area contributed by atoms with Crippen molar-refractivity contribution in [2.45, 2.75) is 39.7 Å². The van der Waals surface area contributed by atoms with Gasteiger partial charge in [-0.2, -0.15) is 5.26 Å². The maximum Gasteiger partial charge on any atom is 0.127 e. The van der Waals surface area contributed by atoms with E-state index in [1.807, 2.05) is 32.0 Å². The fourth-order valence-electron chi connectivity index (χ4n) is 1.87. The molecule has 0 saturated carbocycles. The highest BCUT2D eigenvalue weighted by molar-refractivity contribution is 5.40. The molecule has 0 aliphatic carbocycles. The standard InChI is InChI=1S/C16H24N2O2/c1-16(2,12-18)8-4-5-9-20-15-10-14(19-3)7-6-13(15)11-17/h6-7,10H,4-5,8-9,11,17H2,1-3H3. The minimum atomic E-state index is -0.252. The van der Waals surface area contributed by atoms with Gasteiger partial charge in [0.2, 0.25) is 0 Å². The number of unbranched alkanes of at least 4 members (excludes halogenated alkanes) is 1. The van der Waals surface area contributed by atoms with Gasteiger partial charge in [0.25, 0.3) is 0 Å². The Hall–Kier alpha value is -1.73. The third kappa shape index (κ3) is 5.10. The number of nitrogens with two attached hydrogens (primary N) is 1. The van der Waals surface area contributed by atoms with E-state index in [0.29, 0.717) is 13.2 Å². The van der Waals surface area contributed by atoms with Crippen LogP contribution in [0.1, 0.15) is 38.7 Å². The Morgan fingerprint density at radius 2 is 2.05 bits per heavy atom. The second-order valence-corrected chi connectivity index (χ2v) is 5.48. The number of benzene rings is 1. The van der Waals surface area contributed by atoms with Crippen molar-refractivity contribution in [1.82, 2.24) is 0 Å². The van der Waals surface area contributed by atoms with Crippen molar-refractivity contribution in [2.75, 3.05) is 13.7 Å². The van der Waals surface area contributed by atoms with E-state index in [4.69, 9.17) is 20.5 Å². The fourth-order valence-corrected chi connectivity index (χ4v) is 1.87. The van der Waals surface area contributed by atoms with E-state index in [9.17, 15) is 0 Å². The molecule has 1 aromatic carbocycles. The summed E-state index contributed by atoms with van der Waals surface area (Å²) < 4.78 is 11.0. The fraction of sp³-hybridized carbons (Fsp3) is 0.562. The first-order chi connectivity index (χ1) is 9.52. The number of rotatable bonds is 8. The predicted molar refractivity (Wildman–Crippen MR) is 79.6 cm³/mol. The first-order valence-corrected chi connectivity index (χ1v) is 6.93. The van der Waals surface area contributed by atoms with Crippen LogP contribution in [-0.4, -0.2) is 13.7 Å². The average Bonchev–Trinajstić information content (AvgIpc) is 2.46. The molecule has 0 amide bonds. The molecule has 0 aromatic heterocycles. The summed E-state index contributed by atoms with van der Waals surface area (Å²) >= 11 is 0. The zero-order chi connectivity index (χ0) is 15.0. The lowest BCUT2D eigenvalue weighted by Crippen LogP contribution is -2.09. The van der Waals surface area contributed by atoms with Crippen LogP contribution >= 0.6 is 0 Å². The van der Waals surface area contributed by atoms with Crippen molar-refractivity contribution >= 4 is 0 Å². The van der Waals surface area contributed by atoms with Gasteiger partial charge < -0.3 is 15.2 Å². The molecule has 0 bridgehead atoms. The molecule has 1 aromatic rings. The molecule has 110 valence electrons. The number of hydrogen-bond donors (Lipinski definition) is 1. The smallest absolute Gasteiger partial charge is 0.127 e. The van der Waals surface area contributed by atoms with Gasteiger partial charge in [-0.15, -0.1) is 0 Å². The first-order valence-electron chi connectivity index (χ1n) is 6.93. The third-order valence-electron chi connectivity index (χ3n) is 3.25. The van der Waals surface area contributed by atoms with E-state index in [-0.39, 0.29) is 5.41 Å². The minimum Gasteiger partial charge on any atom is -0.497 e. The Kier molecular flexibility index (Phi) is 6.33. The summed E-state index contributed by atoms with van der Waals surface area (Å²) in [5, 5.41) is 8.95. The second-order valence-electron chi connectivity index (χ2n) is 5.48. The average molecular weight is 276 g/mol. The minimum absolute atomic E-state index is 0.252. The zero-order valence-corrected chi connectivity index (χ0v) is 12.6. The number of hydrogen-bond acceptors (Lipinski definition) is 4. The molecule has 0 heterocycles. The Morgan fingerprint density at radius 1 is 1.30 bits per heavy atom. The lowest BCUT2D eigenvalue weighted by molar-refractivity contribution is 0.290. The van der Waals surface area contributed by atoms with Gasteiger partial charge in [0.05, 0.1) is 25.2 Å². The summed E-state index contributed by atoms with van der Waals surface area (Å²) in [4.78, 5) is 0. The van der Waals surface area contributed by atoms with E-state index < -0.39 is 0 Å². The first kappa shape index (κ1) is 16.3. The van der Waals surface area contributed by atoms with Gasteiger partial charge in [-0.3, -0.25) is 0 Å². The highest BCUT2D eigenvalue weighted by atomic mass is 16.5. The second kappa shape index (κ2) is 7.76. The molecule has 0 atom stereocenters. The summed E-state index contributed by atoms with van der Waals surface area (Å²) in [6.07, 6.45) is 2.78. The van der Waals surface area contributed by atoms with Crippen LogP contribution in [0.4, 0.5) is 0 Å². The molecule has 4 nitrogen and oxygen atoms in total. The maximum atomic E-state index is 8.95. The van der Waals surface area contributed by atoms with Gasteiger partial charge in [0, 0.05) is 18.2 Å². The molecular formula is C16H24N2O2. The van der Waals surface area contributed by atoms with Gasteiger partial charge in [-0.25, -0.2) is 0 Å². The SMILES string of the molecule is COc1ccc(CN)c(OCCCCC(C)(C)C#N)c1. The Bertz CT molecular complexity index is 464. The normalized spacial score (nSPS) is 10.9. The summed E-state index contributed by atoms with van der Waals surface area (Å²) in [6, 6.07) is 7.97. The lowest BCUT2D eigenvalue weighted by atomic mass is 9.89. The van der Waals surface area contributed by atoms with Crippen molar-refractivity contribution in [3.63, 3.8) is 0 Å². The monoisotopic (exact) mass is 276 g/mol. The van der Waals surface area contributed by atoms with E-state index in [0.717, 1.165) is 36.3 Å². The zero-order valence-electron chi connectivity index (χ0n) is 12.6.